The van der Waals surface area contributed by atoms with Crippen molar-refractivity contribution in [1.29, 1.82) is 0 Å². The SMILES string of the molecule is C#CCNC(C)C(=O)NC(CC)CC. The average Bonchev–Trinajstić information content (AvgIpc) is 2.21. The summed E-state index contributed by atoms with van der Waals surface area (Å²) in [6, 6.07) is 0.0595. The van der Waals surface area contributed by atoms with Gasteiger partial charge in [-0.15, -0.1) is 6.42 Å². The maximum Gasteiger partial charge on any atom is 0.237 e. The van der Waals surface area contributed by atoms with Gasteiger partial charge in [0.05, 0.1) is 12.6 Å². The quantitative estimate of drug-likeness (QED) is 0.620. The van der Waals surface area contributed by atoms with E-state index in [1.54, 1.807) is 0 Å². The Hall–Kier alpha value is -1.01. The van der Waals surface area contributed by atoms with Gasteiger partial charge in [-0.05, 0) is 19.8 Å². The fraction of sp³-hybridized carbons (Fsp3) is 0.727. The molecule has 0 aliphatic carbocycles. The standard InChI is InChI=1S/C11H20N2O/c1-5-8-12-9(4)11(14)13-10(6-2)7-3/h1,9-10,12H,6-8H2,2-4H3,(H,13,14). The molecule has 0 aromatic heterocycles. The summed E-state index contributed by atoms with van der Waals surface area (Å²) in [5.41, 5.74) is 0. The molecular formula is C11H20N2O. The highest BCUT2D eigenvalue weighted by Crippen LogP contribution is 1.96. The fourth-order valence-corrected chi connectivity index (χ4v) is 1.12. The predicted octanol–water partition coefficient (Wildman–Crippen LogP) is 0.902. The highest BCUT2D eigenvalue weighted by atomic mass is 16.2. The van der Waals surface area contributed by atoms with E-state index in [1.165, 1.54) is 0 Å². The van der Waals surface area contributed by atoms with Gasteiger partial charge >= 0.3 is 0 Å². The van der Waals surface area contributed by atoms with E-state index in [0.717, 1.165) is 12.8 Å². The summed E-state index contributed by atoms with van der Waals surface area (Å²) < 4.78 is 0. The summed E-state index contributed by atoms with van der Waals surface area (Å²) in [5.74, 6) is 2.47. The molecule has 1 amide bonds. The number of carbonyl (C=O) groups is 1. The van der Waals surface area contributed by atoms with Crippen molar-refractivity contribution in [1.82, 2.24) is 10.6 Å². The zero-order valence-corrected chi connectivity index (χ0v) is 9.26. The molecule has 0 aromatic carbocycles. The summed E-state index contributed by atoms with van der Waals surface area (Å²) in [5, 5.41) is 5.89. The van der Waals surface area contributed by atoms with Gasteiger partial charge in [0.15, 0.2) is 0 Å². The highest BCUT2D eigenvalue weighted by molar-refractivity contribution is 5.81. The minimum atomic E-state index is -0.216. The van der Waals surface area contributed by atoms with Crippen LogP contribution in [-0.2, 0) is 4.79 Å². The number of nitrogens with one attached hydrogen (secondary N) is 2. The van der Waals surface area contributed by atoms with Gasteiger partial charge in [0, 0.05) is 6.04 Å². The first kappa shape index (κ1) is 13.0. The second-order valence-electron chi connectivity index (χ2n) is 3.33. The Bertz CT molecular complexity index is 204. The van der Waals surface area contributed by atoms with Crippen LogP contribution in [0.4, 0.5) is 0 Å². The van der Waals surface area contributed by atoms with Crippen molar-refractivity contribution in [3.63, 3.8) is 0 Å². The topological polar surface area (TPSA) is 41.1 Å². The van der Waals surface area contributed by atoms with E-state index in [0.29, 0.717) is 6.54 Å². The Morgan fingerprint density at radius 2 is 2.00 bits per heavy atom. The number of terminal acetylenes is 1. The number of carbonyl (C=O) groups excluding carboxylic acids is 1. The molecule has 0 aliphatic rings. The van der Waals surface area contributed by atoms with Crippen molar-refractivity contribution in [2.24, 2.45) is 0 Å². The van der Waals surface area contributed by atoms with Gasteiger partial charge in [-0.3, -0.25) is 10.1 Å². The van der Waals surface area contributed by atoms with E-state index in [9.17, 15) is 4.79 Å². The van der Waals surface area contributed by atoms with Crippen molar-refractivity contribution in [3.8, 4) is 12.3 Å². The van der Waals surface area contributed by atoms with E-state index in [1.807, 2.05) is 6.92 Å². The predicted molar refractivity (Wildman–Crippen MR) is 58.8 cm³/mol. The van der Waals surface area contributed by atoms with E-state index in [4.69, 9.17) is 6.42 Å². The maximum atomic E-state index is 11.5. The lowest BCUT2D eigenvalue weighted by molar-refractivity contribution is -0.123. The van der Waals surface area contributed by atoms with Gasteiger partial charge in [-0.1, -0.05) is 19.8 Å². The van der Waals surface area contributed by atoms with Crippen LogP contribution in [0.25, 0.3) is 0 Å². The second-order valence-corrected chi connectivity index (χ2v) is 3.33. The van der Waals surface area contributed by atoms with Gasteiger partial charge in [-0.25, -0.2) is 0 Å². The molecule has 2 N–H and O–H groups in total. The van der Waals surface area contributed by atoms with Crippen molar-refractivity contribution in [2.45, 2.75) is 45.7 Å². The molecule has 1 unspecified atom stereocenters. The molecule has 80 valence electrons. The summed E-state index contributed by atoms with van der Waals surface area (Å²) in [7, 11) is 0. The molecule has 0 rings (SSSR count). The molecule has 0 spiro atoms. The van der Waals surface area contributed by atoms with Crippen molar-refractivity contribution in [2.75, 3.05) is 6.54 Å². The smallest absolute Gasteiger partial charge is 0.237 e. The Morgan fingerprint density at radius 1 is 1.43 bits per heavy atom. The second kappa shape index (κ2) is 7.40. The van der Waals surface area contributed by atoms with Gasteiger partial charge in [0.1, 0.15) is 0 Å². The molecule has 0 fully saturated rings. The number of hydrogen-bond donors (Lipinski definition) is 2. The molecule has 0 aliphatic heterocycles. The summed E-state index contributed by atoms with van der Waals surface area (Å²) >= 11 is 0. The minimum absolute atomic E-state index is 0.0222. The van der Waals surface area contributed by atoms with Gasteiger partial charge in [0.25, 0.3) is 0 Å². The lowest BCUT2D eigenvalue weighted by atomic mass is 10.1. The third-order valence-electron chi connectivity index (χ3n) is 2.24. The Kier molecular flexibility index (Phi) is 6.87. The molecule has 3 heteroatoms. The fourth-order valence-electron chi connectivity index (χ4n) is 1.12. The van der Waals surface area contributed by atoms with Crippen LogP contribution in [0, 0.1) is 12.3 Å². The first-order valence-corrected chi connectivity index (χ1v) is 5.12. The van der Waals surface area contributed by atoms with Crippen LogP contribution in [0.3, 0.4) is 0 Å². The normalized spacial score (nSPS) is 12.2. The highest BCUT2D eigenvalue weighted by Gasteiger charge is 2.14. The van der Waals surface area contributed by atoms with E-state index < -0.39 is 0 Å². The van der Waals surface area contributed by atoms with Crippen LogP contribution in [0.2, 0.25) is 0 Å². The molecule has 0 saturated carbocycles. The largest absolute Gasteiger partial charge is 0.352 e. The Labute approximate surface area is 86.6 Å². The van der Waals surface area contributed by atoms with Crippen LogP contribution < -0.4 is 10.6 Å². The summed E-state index contributed by atoms with van der Waals surface area (Å²) in [6.45, 7) is 6.37. The third-order valence-corrected chi connectivity index (χ3v) is 2.24. The van der Waals surface area contributed by atoms with E-state index in [2.05, 4.69) is 30.4 Å². The van der Waals surface area contributed by atoms with Gasteiger partial charge < -0.3 is 5.32 Å². The molecule has 0 heterocycles. The number of rotatable bonds is 6. The van der Waals surface area contributed by atoms with Gasteiger partial charge in [0.2, 0.25) is 5.91 Å². The minimum Gasteiger partial charge on any atom is -0.352 e. The lowest BCUT2D eigenvalue weighted by Crippen LogP contribution is -2.46. The molecule has 14 heavy (non-hydrogen) atoms. The molecule has 0 saturated heterocycles. The first-order valence-electron chi connectivity index (χ1n) is 5.12. The summed E-state index contributed by atoms with van der Waals surface area (Å²) in [4.78, 5) is 11.5. The van der Waals surface area contributed by atoms with Crippen molar-refractivity contribution in [3.05, 3.63) is 0 Å². The van der Waals surface area contributed by atoms with Crippen LogP contribution >= 0.6 is 0 Å². The molecule has 1 atom stereocenters. The molecule has 3 nitrogen and oxygen atoms in total. The van der Waals surface area contributed by atoms with Crippen molar-refractivity contribution >= 4 is 5.91 Å². The van der Waals surface area contributed by atoms with Crippen LogP contribution in [0.1, 0.15) is 33.6 Å². The maximum absolute atomic E-state index is 11.5. The Morgan fingerprint density at radius 3 is 2.43 bits per heavy atom. The Balaban J connectivity index is 3.88. The van der Waals surface area contributed by atoms with Gasteiger partial charge in [-0.2, -0.15) is 0 Å². The van der Waals surface area contributed by atoms with Crippen molar-refractivity contribution < 1.29 is 4.79 Å². The molecule has 0 aromatic rings. The van der Waals surface area contributed by atoms with Crippen LogP contribution in [0.15, 0.2) is 0 Å². The number of amides is 1. The lowest BCUT2D eigenvalue weighted by Gasteiger charge is -2.18. The summed E-state index contributed by atoms with van der Waals surface area (Å²) in [6.07, 6.45) is 7.01. The van der Waals surface area contributed by atoms with Crippen LogP contribution in [0.5, 0.6) is 0 Å². The van der Waals surface area contributed by atoms with Crippen LogP contribution in [-0.4, -0.2) is 24.5 Å². The zero-order chi connectivity index (χ0) is 11.0. The monoisotopic (exact) mass is 196 g/mol. The van der Waals surface area contributed by atoms with E-state index in [-0.39, 0.29) is 18.0 Å². The average molecular weight is 196 g/mol. The van der Waals surface area contributed by atoms with E-state index >= 15 is 0 Å². The third kappa shape index (κ3) is 4.88. The zero-order valence-electron chi connectivity index (χ0n) is 9.26. The number of hydrogen-bond acceptors (Lipinski definition) is 2. The molecule has 0 radical (unpaired) electrons. The molecule has 0 bridgehead atoms. The molecular weight excluding hydrogens is 176 g/mol. The first-order chi connectivity index (χ1) is 6.65.